The van der Waals surface area contributed by atoms with E-state index < -0.39 is 18.0 Å². The number of carbonyl (C=O) groups excluding carboxylic acids is 4. The van der Waals surface area contributed by atoms with Crippen molar-refractivity contribution in [2.45, 2.75) is 32.2 Å². The number of benzene rings is 2. The summed E-state index contributed by atoms with van der Waals surface area (Å²) in [4.78, 5) is 53.7. The number of piperidine rings is 1. The second-order valence-electron chi connectivity index (χ2n) is 8.65. The van der Waals surface area contributed by atoms with Crippen LogP contribution in [0.25, 0.3) is 0 Å². The summed E-state index contributed by atoms with van der Waals surface area (Å²) < 4.78 is 0. The van der Waals surface area contributed by atoms with Crippen molar-refractivity contribution < 1.29 is 19.2 Å². The Kier molecular flexibility index (Phi) is 7.59. The number of carbonyl (C=O) groups is 4. The molecule has 0 bridgehead atoms. The van der Waals surface area contributed by atoms with Gasteiger partial charge in [-0.1, -0.05) is 40.9 Å². The summed E-state index contributed by atoms with van der Waals surface area (Å²) in [5.74, 6) is -1.34. The van der Waals surface area contributed by atoms with Crippen molar-refractivity contribution in [3.05, 3.63) is 58.1 Å². The molecule has 2 aromatic carbocycles. The van der Waals surface area contributed by atoms with Crippen molar-refractivity contribution in [3.63, 3.8) is 0 Å². The summed E-state index contributed by atoms with van der Waals surface area (Å²) in [7, 11) is 0. The first-order valence-corrected chi connectivity index (χ1v) is 12.0. The summed E-state index contributed by atoms with van der Waals surface area (Å²) in [5.41, 5.74) is 6.75. The van der Waals surface area contributed by atoms with Crippen LogP contribution >= 0.6 is 23.2 Å². The van der Waals surface area contributed by atoms with E-state index in [1.165, 1.54) is 11.0 Å². The molecule has 0 aliphatic carbocycles. The molecule has 5 amide bonds. The zero-order valence-corrected chi connectivity index (χ0v) is 20.5. The third kappa shape index (κ3) is 5.75. The van der Waals surface area contributed by atoms with Gasteiger partial charge in [0, 0.05) is 12.2 Å². The molecule has 2 aromatic rings. The molecule has 0 unspecified atom stereocenters. The van der Waals surface area contributed by atoms with Gasteiger partial charge in [-0.25, -0.2) is 15.1 Å². The summed E-state index contributed by atoms with van der Waals surface area (Å²) in [6.45, 7) is 2.86. The fraction of sp³-hybridized carbons (Fsp3) is 0.333. The molecule has 2 aliphatic rings. The predicted octanol–water partition coefficient (Wildman–Crippen LogP) is 3.50. The van der Waals surface area contributed by atoms with Gasteiger partial charge in [-0.15, -0.1) is 0 Å². The second kappa shape index (κ2) is 10.6. The minimum Gasteiger partial charge on any atom is -0.307 e. The zero-order valence-electron chi connectivity index (χ0n) is 19.0. The Bertz CT molecular complexity index is 1160. The number of aryl methyl sites for hydroxylation is 1. The SMILES string of the molecule is Cc1ccc(N2C(=O)C[C@H](N3CCC[C@H](C(=O)NNC(=O)Nc4ccc(Cl)c(Cl)c4)C3)C2=O)cc1. The van der Waals surface area contributed by atoms with Gasteiger partial charge < -0.3 is 5.32 Å². The van der Waals surface area contributed by atoms with Crippen molar-refractivity contribution in [3.8, 4) is 0 Å². The van der Waals surface area contributed by atoms with E-state index >= 15 is 0 Å². The molecule has 2 heterocycles. The smallest absolute Gasteiger partial charge is 0.307 e. The van der Waals surface area contributed by atoms with Crippen molar-refractivity contribution in [1.82, 2.24) is 15.8 Å². The monoisotopic (exact) mass is 517 g/mol. The summed E-state index contributed by atoms with van der Waals surface area (Å²) in [6.07, 6.45) is 1.37. The number of anilines is 2. The van der Waals surface area contributed by atoms with Crippen LogP contribution in [-0.2, 0) is 14.4 Å². The number of urea groups is 1. The molecule has 2 saturated heterocycles. The Morgan fingerprint density at radius 3 is 2.46 bits per heavy atom. The number of nitrogens with one attached hydrogen (secondary N) is 3. The molecule has 3 N–H and O–H groups in total. The van der Waals surface area contributed by atoms with Crippen molar-refractivity contribution in [1.29, 1.82) is 0 Å². The topological polar surface area (TPSA) is 111 Å². The number of imide groups is 1. The molecule has 0 spiro atoms. The van der Waals surface area contributed by atoms with Crippen LogP contribution in [0.1, 0.15) is 24.8 Å². The van der Waals surface area contributed by atoms with Crippen molar-refractivity contribution in [2.75, 3.05) is 23.3 Å². The fourth-order valence-corrected chi connectivity index (χ4v) is 4.62. The maximum Gasteiger partial charge on any atom is 0.337 e. The number of halogens is 2. The van der Waals surface area contributed by atoms with Gasteiger partial charge in [0.1, 0.15) is 0 Å². The molecule has 35 heavy (non-hydrogen) atoms. The van der Waals surface area contributed by atoms with Crippen molar-refractivity contribution in [2.24, 2.45) is 5.92 Å². The summed E-state index contributed by atoms with van der Waals surface area (Å²) in [6, 6.07) is 10.6. The van der Waals surface area contributed by atoms with E-state index in [1.807, 2.05) is 24.0 Å². The Morgan fingerprint density at radius 1 is 1.00 bits per heavy atom. The molecule has 2 fully saturated rings. The highest BCUT2D eigenvalue weighted by atomic mass is 35.5. The lowest BCUT2D eigenvalue weighted by atomic mass is 9.95. The predicted molar refractivity (Wildman–Crippen MR) is 133 cm³/mol. The Hall–Kier alpha value is -3.14. The minimum atomic E-state index is -0.644. The van der Waals surface area contributed by atoms with E-state index in [0.29, 0.717) is 42.3 Å². The van der Waals surface area contributed by atoms with Crippen LogP contribution in [0.4, 0.5) is 16.2 Å². The average Bonchev–Trinajstić information content (AvgIpc) is 3.14. The normalized spacial score (nSPS) is 20.6. The van der Waals surface area contributed by atoms with Gasteiger partial charge in [-0.3, -0.25) is 24.7 Å². The van der Waals surface area contributed by atoms with E-state index in [1.54, 1.807) is 24.3 Å². The van der Waals surface area contributed by atoms with E-state index in [4.69, 9.17) is 23.2 Å². The Labute approximate surface area is 212 Å². The lowest BCUT2D eigenvalue weighted by Gasteiger charge is -2.34. The maximum absolute atomic E-state index is 13.1. The lowest BCUT2D eigenvalue weighted by Crippen LogP contribution is -2.52. The third-order valence-electron chi connectivity index (χ3n) is 6.16. The minimum absolute atomic E-state index is 0.0748. The molecule has 2 aliphatic heterocycles. The number of nitrogens with zero attached hydrogens (tertiary/aromatic N) is 2. The van der Waals surface area contributed by atoms with Crippen LogP contribution in [0.15, 0.2) is 42.5 Å². The van der Waals surface area contributed by atoms with Crippen LogP contribution in [0.3, 0.4) is 0 Å². The van der Waals surface area contributed by atoms with Gasteiger partial charge in [0.25, 0.3) is 5.91 Å². The Balaban J connectivity index is 1.32. The number of likely N-dealkylation sites (tertiary alicyclic amines) is 1. The average molecular weight is 518 g/mol. The third-order valence-corrected chi connectivity index (χ3v) is 6.90. The van der Waals surface area contributed by atoms with Gasteiger partial charge in [-0.2, -0.15) is 0 Å². The first kappa shape index (κ1) is 25.0. The molecular weight excluding hydrogens is 493 g/mol. The quantitative estimate of drug-likeness (QED) is 0.424. The lowest BCUT2D eigenvalue weighted by molar-refractivity contribution is -0.130. The number of hydrogen-bond donors (Lipinski definition) is 3. The molecular formula is C24H25Cl2N5O4. The van der Waals surface area contributed by atoms with Crippen LogP contribution in [0, 0.1) is 12.8 Å². The van der Waals surface area contributed by atoms with E-state index in [-0.39, 0.29) is 29.2 Å². The molecule has 4 rings (SSSR count). The molecule has 11 heteroatoms. The van der Waals surface area contributed by atoms with Gasteiger partial charge >= 0.3 is 6.03 Å². The number of amides is 5. The zero-order chi connectivity index (χ0) is 25.1. The van der Waals surface area contributed by atoms with E-state index in [9.17, 15) is 19.2 Å². The molecule has 0 radical (unpaired) electrons. The standard InChI is InChI=1S/C24H25Cl2N5O4/c1-14-4-7-17(8-5-14)31-21(32)12-20(23(31)34)30-10-2-3-15(13-30)22(33)28-29-24(35)27-16-6-9-18(25)19(26)11-16/h4-9,11,15,20H,2-3,10,12-13H2,1H3,(H,28,33)(H2,27,29,35)/t15-,20-/m0/s1. The first-order valence-electron chi connectivity index (χ1n) is 11.2. The molecule has 0 saturated carbocycles. The maximum atomic E-state index is 13.1. The van der Waals surface area contributed by atoms with E-state index in [2.05, 4.69) is 16.2 Å². The van der Waals surface area contributed by atoms with Gasteiger partial charge in [-0.05, 0) is 56.6 Å². The second-order valence-corrected chi connectivity index (χ2v) is 9.47. The number of rotatable bonds is 4. The van der Waals surface area contributed by atoms with Crippen LogP contribution in [-0.4, -0.2) is 47.8 Å². The highest BCUT2D eigenvalue weighted by Crippen LogP contribution is 2.29. The van der Waals surface area contributed by atoms with Crippen LogP contribution in [0.2, 0.25) is 10.0 Å². The molecule has 184 valence electrons. The first-order chi connectivity index (χ1) is 16.7. The summed E-state index contributed by atoms with van der Waals surface area (Å²) >= 11 is 11.8. The molecule has 2 atom stereocenters. The van der Waals surface area contributed by atoms with Gasteiger partial charge in [0.15, 0.2) is 0 Å². The molecule has 9 nitrogen and oxygen atoms in total. The van der Waals surface area contributed by atoms with E-state index in [0.717, 1.165) is 5.56 Å². The van der Waals surface area contributed by atoms with Crippen LogP contribution < -0.4 is 21.1 Å². The number of hydrazine groups is 1. The fourth-order valence-electron chi connectivity index (χ4n) is 4.33. The molecule has 0 aromatic heterocycles. The highest BCUT2D eigenvalue weighted by Gasteiger charge is 2.44. The highest BCUT2D eigenvalue weighted by molar-refractivity contribution is 6.42. The van der Waals surface area contributed by atoms with Gasteiger partial charge in [0.05, 0.1) is 34.1 Å². The van der Waals surface area contributed by atoms with Crippen LogP contribution in [0.5, 0.6) is 0 Å². The largest absolute Gasteiger partial charge is 0.337 e. The summed E-state index contributed by atoms with van der Waals surface area (Å²) in [5, 5.41) is 3.20. The number of hydrogen-bond acceptors (Lipinski definition) is 5. The Morgan fingerprint density at radius 2 is 1.74 bits per heavy atom. The van der Waals surface area contributed by atoms with Gasteiger partial charge in [0.2, 0.25) is 11.8 Å². The van der Waals surface area contributed by atoms with Crippen molar-refractivity contribution >= 4 is 58.3 Å².